The van der Waals surface area contributed by atoms with Gasteiger partial charge in [0.05, 0.1) is 25.3 Å². The average molecular weight is 238 g/mol. The zero-order valence-electron chi connectivity index (χ0n) is 9.20. The first-order valence-corrected chi connectivity index (χ1v) is 5.36. The summed E-state index contributed by atoms with van der Waals surface area (Å²) in [4.78, 5) is 1.93. The van der Waals surface area contributed by atoms with E-state index >= 15 is 0 Å². The summed E-state index contributed by atoms with van der Waals surface area (Å²) >= 11 is 0. The Morgan fingerprint density at radius 3 is 2.94 bits per heavy atom. The van der Waals surface area contributed by atoms with Crippen LogP contribution in [0.15, 0.2) is 18.2 Å². The number of halogens is 2. The molecule has 1 saturated heterocycles. The van der Waals surface area contributed by atoms with Crippen LogP contribution in [-0.2, 0) is 4.74 Å². The molecule has 0 bridgehead atoms. The Balaban J connectivity index is 2.11. The van der Waals surface area contributed by atoms with Gasteiger partial charge < -0.3 is 4.74 Å². The van der Waals surface area contributed by atoms with Crippen molar-refractivity contribution in [3.05, 3.63) is 35.4 Å². The molecule has 0 spiro atoms. The lowest BCUT2D eigenvalue weighted by Crippen LogP contribution is -2.38. The van der Waals surface area contributed by atoms with Crippen LogP contribution in [0.25, 0.3) is 0 Å². The van der Waals surface area contributed by atoms with E-state index in [-0.39, 0.29) is 6.10 Å². The molecule has 0 amide bonds. The number of nitriles is 1. The van der Waals surface area contributed by atoms with Crippen molar-refractivity contribution in [1.29, 1.82) is 5.26 Å². The number of morpholine rings is 1. The highest BCUT2D eigenvalue weighted by atomic mass is 19.2. The quantitative estimate of drug-likeness (QED) is 0.738. The Kier molecular flexibility index (Phi) is 3.67. The molecule has 1 heterocycles. The van der Waals surface area contributed by atoms with Gasteiger partial charge in [-0.1, -0.05) is 6.07 Å². The Morgan fingerprint density at radius 2 is 2.24 bits per heavy atom. The van der Waals surface area contributed by atoms with Crippen molar-refractivity contribution >= 4 is 0 Å². The first kappa shape index (κ1) is 12.0. The first-order chi connectivity index (χ1) is 8.20. The van der Waals surface area contributed by atoms with Gasteiger partial charge in [-0.25, -0.2) is 8.78 Å². The smallest absolute Gasteiger partial charge is 0.159 e. The van der Waals surface area contributed by atoms with E-state index in [9.17, 15) is 8.78 Å². The molecule has 90 valence electrons. The zero-order chi connectivity index (χ0) is 12.3. The maximum absolute atomic E-state index is 13.1. The minimum atomic E-state index is -0.872. The van der Waals surface area contributed by atoms with Gasteiger partial charge >= 0.3 is 0 Å². The molecule has 1 aliphatic heterocycles. The molecule has 1 fully saturated rings. The molecule has 0 unspecified atom stereocenters. The Labute approximate surface area is 98.2 Å². The summed E-state index contributed by atoms with van der Waals surface area (Å²) in [7, 11) is 0. The second kappa shape index (κ2) is 5.21. The van der Waals surface area contributed by atoms with Crippen LogP contribution in [0.2, 0.25) is 0 Å². The molecule has 1 atom stereocenters. The van der Waals surface area contributed by atoms with E-state index in [2.05, 4.69) is 6.07 Å². The number of hydrogen-bond acceptors (Lipinski definition) is 3. The fraction of sp³-hybridized carbons (Fsp3) is 0.417. The Bertz CT molecular complexity index is 445. The topological polar surface area (TPSA) is 36.3 Å². The lowest BCUT2D eigenvalue weighted by molar-refractivity contribution is -0.0256. The average Bonchev–Trinajstić information content (AvgIpc) is 2.33. The number of ether oxygens (including phenoxy) is 1. The summed E-state index contributed by atoms with van der Waals surface area (Å²) < 4.78 is 31.4. The summed E-state index contributed by atoms with van der Waals surface area (Å²) in [6, 6.07) is 5.82. The van der Waals surface area contributed by atoms with Gasteiger partial charge in [0.15, 0.2) is 11.6 Å². The third kappa shape index (κ3) is 2.78. The van der Waals surface area contributed by atoms with E-state index in [4.69, 9.17) is 10.00 Å². The molecule has 1 aromatic rings. The van der Waals surface area contributed by atoms with Crippen molar-refractivity contribution in [3.63, 3.8) is 0 Å². The molecule has 0 radical (unpaired) electrons. The van der Waals surface area contributed by atoms with Gasteiger partial charge in [0.1, 0.15) is 0 Å². The highest BCUT2D eigenvalue weighted by Gasteiger charge is 2.22. The number of nitrogens with zero attached hydrogens (tertiary/aromatic N) is 2. The van der Waals surface area contributed by atoms with E-state index in [1.807, 2.05) is 4.90 Å². The second-order valence-electron chi connectivity index (χ2n) is 3.93. The van der Waals surface area contributed by atoms with Gasteiger partial charge in [-0.05, 0) is 17.7 Å². The molecule has 0 N–H and O–H groups in total. The van der Waals surface area contributed by atoms with Gasteiger partial charge in [0, 0.05) is 13.1 Å². The van der Waals surface area contributed by atoms with Crippen molar-refractivity contribution < 1.29 is 13.5 Å². The number of hydrogen-bond donors (Lipinski definition) is 0. The van der Waals surface area contributed by atoms with Crippen molar-refractivity contribution in [2.45, 2.75) is 6.10 Å². The second-order valence-corrected chi connectivity index (χ2v) is 3.93. The van der Waals surface area contributed by atoms with Crippen molar-refractivity contribution in [2.24, 2.45) is 0 Å². The zero-order valence-corrected chi connectivity index (χ0v) is 9.20. The van der Waals surface area contributed by atoms with Crippen LogP contribution in [-0.4, -0.2) is 31.1 Å². The first-order valence-electron chi connectivity index (χ1n) is 5.36. The summed E-state index contributed by atoms with van der Waals surface area (Å²) in [6.45, 7) is 2.03. The van der Waals surface area contributed by atoms with Gasteiger partial charge in [0.25, 0.3) is 0 Å². The van der Waals surface area contributed by atoms with E-state index in [0.29, 0.717) is 31.8 Å². The molecule has 0 aromatic heterocycles. The van der Waals surface area contributed by atoms with Gasteiger partial charge in [-0.2, -0.15) is 5.26 Å². The van der Waals surface area contributed by atoms with Crippen LogP contribution in [0.5, 0.6) is 0 Å². The Hall–Kier alpha value is -1.51. The molecule has 17 heavy (non-hydrogen) atoms. The number of benzene rings is 1. The monoisotopic (exact) mass is 238 g/mol. The third-order valence-corrected chi connectivity index (χ3v) is 2.76. The molecule has 0 saturated carbocycles. The predicted molar refractivity (Wildman–Crippen MR) is 57.1 cm³/mol. The molecule has 3 nitrogen and oxygen atoms in total. The van der Waals surface area contributed by atoms with Crippen molar-refractivity contribution in [1.82, 2.24) is 4.90 Å². The van der Waals surface area contributed by atoms with Gasteiger partial charge in [0.2, 0.25) is 0 Å². The van der Waals surface area contributed by atoms with E-state index in [1.165, 1.54) is 6.07 Å². The van der Waals surface area contributed by atoms with E-state index < -0.39 is 11.6 Å². The SMILES string of the molecule is N#CCN1CCO[C@@H](c2ccc(F)c(F)c2)C1. The van der Waals surface area contributed by atoms with E-state index in [0.717, 1.165) is 12.1 Å². The summed E-state index contributed by atoms with van der Waals surface area (Å²) in [5.74, 6) is -1.73. The van der Waals surface area contributed by atoms with Crippen molar-refractivity contribution in [2.75, 3.05) is 26.2 Å². The van der Waals surface area contributed by atoms with Crippen LogP contribution in [0, 0.1) is 23.0 Å². The highest BCUT2D eigenvalue weighted by molar-refractivity contribution is 5.21. The minimum absolute atomic E-state index is 0.299. The largest absolute Gasteiger partial charge is 0.371 e. The predicted octanol–water partition coefficient (Wildman–Crippen LogP) is 1.86. The molecule has 1 aromatic carbocycles. The van der Waals surface area contributed by atoms with E-state index in [1.54, 1.807) is 0 Å². The van der Waals surface area contributed by atoms with Gasteiger partial charge in [-0.15, -0.1) is 0 Å². The molecule has 5 heteroatoms. The standard InChI is InChI=1S/C12H12F2N2O/c13-10-2-1-9(7-11(10)14)12-8-16(4-3-15)5-6-17-12/h1-2,7,12H,4-6,8H2/t12-/m1/s1. The fourth-order valence-electron chi connectivity index (χ4n) is 1.86. The molecular formula is C12H12F2N2O. The minimum Gasteiger partial charge on any atom is -0.371 e. The highest BCUT2D eigenvalue weighted by Crippen LogP contribution is 2.23. The maximum Gasteiger partial charge on any atom is 0.159 e. The van der Waals surface area contributed by atoms with Crippen LogP contribution < -0.4 is 0 Å². The maximum atomic E-state index is 13.1. The number of rotatable bonds is 2. The summed E-state index contributed by atoms with van der Waals surface area (Å²) in [5.41, 5.74) is 0.603. The lowest BCUT2D eigenvalue weighted by atomic mass is 10.1. The third-order valence-electron chi connectivity index (χ3n) is 2.76. The van der Waals surface area contributed by atoms with Crippen LogP contribution >= 0.6 is 0 Å². The Morgan fingerprint density at radius 1 is 1.41 bits per heavy atom. The fourth-order valence-corrected chi connectivity index (χ4v) is 1.86. The normalized spacial score (nSPS) is 21.1. The van der Waals surface area contributed by atoms with Gasteiger partial charge in [-0.3, -0.25) is 4.90 Å². The lowest BCUT2D eigenvalue weighted by Gasteiger charge is -2.31. The molecule has 0 aliphatic carbocycles. The van der Waals surface area contributed by atoms with Crippen LogP contribution in [0.3, 0.4) is 0 Å². The molecule has 2 rings (SSSR count). The summed E-state index contributed by atoms with van der Waals surface area (Å²) in [5, 5.41) is 8.61. The molecular weight excluding hydrogens is 226 g/mol. The van der Waals surface area contributed by atoms with Crippen LogP contribution in [0.1, 0.15) is 11.7 Å². The summed E-state index contributed by atoms with van der Waals surface area (Å²) in [6.07, 6.45) is -0.299. The van der Waals surface area contributed by atoms with Crippen LogP contribution in [0.4, 0.5) is 8.78 Å². The van der Waals surface area contributed by atoms with Crippen molar-refractivity contribution in [3.8, 4) is 6.07 Å². The molecule has 1 aliphatic rings.